The summed E-state index contributed by atoms with van der Waals surface area (Å²) in [5, 5.41) is 28.5. The molecule has 144 valence electrons. The summed E-state index contributed by atoms with van der Waals surface area (Å²) >= 11 is 0. The first-order valence-corrected chi connectivity index (χ1v) is 8.20. The number of hydrogen-bond donors (Lipinski definition) is 4. The highest BCUT2D eigenvalue weighted by Gasteiger charge is 2.23. The number of carbonyl (C=O) groups excluding carboxylic acids is 1. The van der Waals surface area contributed by atoms with Crippen LogP contribution in [0.2, 0.25) is 0 Å². The first-order valence-electron chi connectivity index (χ1n) is 8.20. The second-order valence-electron chi connectivity index (χ2n) is 5.42. The van der Waals surface area contributed by atoms with Crippen LogP contribution in [0.25, 0.3) is 0 Å². The minimum Gasteiger partial charge on any atom is -0.494 e. The molecule has 0 heterocycles. The summed E-state index contributed by atoms with van der Waals surface area (Å²) in [7, 11) is 1.78. The molecule has 0 aromatic heterocycles. The Morgan fingerprint density at radius 3 is 2.65 bits per heavy atom. The number of carbonyl (C=O) groups is 2. The smallest absolute Gasteiger partial charge is 0.321 e. The van der Waals surface area contributed by atoms with Crippen LogP contribution >= 0.6 is 0 Å². The Hall–Kier alpha value is -2.72. The van der Waals surface area contributed by atoms with Crippen LogP contribution in [-0.2, 0) is 9.59 Å². The van der Waals surface area contributed by atoms with Crippen molar-refractivity contribution >= 4 is 23.3 Å². The summed E-state index contributed by atoms with van der Waals surface area (Å²) in [5.41, 5.74) is -0.332. The number of carboxylic acid groups (broad SMARTS) is 1. The third-order valence-corrected chi connectivity index (χ3v) is 3.43. The maximum atomic E-state index is 12.1. The van der Waals surface area contributed by atoms with Gasteiger partial charge in [0.2, 0.25) is 5.91 Å². The van der Waals surface area contributed by atoms with Crippen LogP contribution in [0.3, 0.4) is 0 Å². The van der Waals surface area contributed by atoms with Gasteiger partial charge in [-0.15, -0.1) is 0 Å². The van der Waals surface area contributed by atoms with Crippen molar-refractivity contribution in [1.29, 1.82) is 0 Å². The molecule has 1 aromatic carbocycles. The minimum atomic E-state index is -1.16. The number of rotatable bonds is 12. The fraction of sp³-hybridized carbons (Fsp3) is 0.500. The SMILES string of the molecule is CCOc1ccc(NC(=O)C[C@H](NCCCNC)C(=O)O)c([N+](=O)[O-])c1. The second-order valence-corrected chi connectivity index (χ2v) is 5.42. The summed E-state index contributed by atoms with van der Waals surface area (Å²) < 4.78 is 5.21. The molecule has 0 spiro atoms. The normalized spacial score (nSPS) is 11.6. The van der Waals surface area contributed by atoms with E-state index < -0.39 is 22.8 Å². The molecule has 10 heteroatoms. The molecule has 26 heavy (non-hydrogen) atoms. The van der Waals surface area contributed by atoms with Crippen molar-refractivity contribution in [3.63, 3.8) is 0 Å². The molecule has 0 aliphatic heterocycles. The van der Waals surface area contributed by atoms with Crippen molar-refractivity contribution in [3.8, 4) is 5.75 Å². The molecule has 0 saturated carbocycles. The molecule has 0 fully saturated rings. The van der Waals surface area contributed by atoms with Crippen LogP contribution in [0, 0.1) is 10.1 Å². The molecule has 0 saturated heterocycles. The van der Waals surface area contributed by atoms with Gasteiger partial charge in [-0.1, -0.05) is 0 Å². The number of anilines is 1. The topological polar surface area (TPSA) is 143 Å². The molecular formula is C16H24N4O6. The number of benzene rings is 1. The van der Waals surface area contributed by atoms with Crippen LogP contribution in [0.1, 0.15) is 19.8 Å². The van der Waals surface area contributed by atoms with Gasteiger partial charge in [-0.05, 0) is 45.6 Å². The maximum Gasteiger partial charge on any atom is 0.321 e. The number of nitrogens with one attached hydrogen (secondary N) is 3. The molecule has 0 aliphatic carbocycles. The lowest BCUT2D eigenvalue weighted by Gasteiger charge is -2.14. The Kier molecular flexibility index (Phi) is 9.02. The van der Waals surface area contributed by atoms with E-state index in [2.05, 4.69) is 16.0 Å². The van der Waals surface area contributed by atoms with Gasteiger partial charge in [0.1, 0.15) is 17.5 Å². The van der Waals surface area contributed by atoms with E-state index in [0.717, 1.165) is 0 Å². The lowest BCUT2D eigenvalue weighted by atomic mass is 10.1. The zero-order valence-electron chi connectivity index (χ0n) is 14.8. The number of nitro benzene ring substituents is 1. The van der Waals surface area contributed by atoms with Gasteiger partial charge in [0.05, 0.1) is 24.0 Å². The Morgan fingerprint density at radius 1 is 1.35 bits per heavy atom. The largest absolute Gasteiger partial charge is 0.494 e. The van der Waals surface area contributed by atoms with Gasteiger partial charge in [-0.25, -0.2) is 0 Å². The summed E-state index contributed by atoms with van der Waals surface area (Å²) in [4.78, 5) is 33.9. The quantitative estimate of drug-likeness (QED) is 0.243. The van der Waals surface area contributed by atoms with Gasteiger partial charge in [0.25, 0.3) is 5.69 Å². The molecule has 0 aliphatic rings. The highest BCUT2D eigenvalue weighted by Crippen LogP contribution is 2.29. The number of nitro groups is 1. The fourth-order valence-electron chi connectivity index (χ4n) is 2.20. The zero-order chi connectivity index (χ0) is 19.5. The Morgan fingerprint density at radius 2 is 2.08 bits per heavy atom. The molecular weight excluding hydrogens is 344 g/mol. The number of hydrogen-bond acceptors (Lipinski definition) is 7. The fourth-order valence-corrected chi connectivity index (χ4v) is 2.20. The average Bonchev–Trinajstić information content (AvgIpc) is 2.58. The standard InChI is InChI=1S/C16H24N4O6/c1-3-26-11-5-6-12(14(9-11)20(24)25)19-15(21)10-13(16(22)23)18-8-4-7-17-2/h5-6,9,13,17-18H,3-4,7-8,10H2,1-2H3,(H,19,21)(H,22,23)/t13-/m0/s1. The first-order chi connectivity index (χ1) is 12.4. The van der Waals surface area contributed by atoms with Crippen LogP contribution < -0.4 is 20.7 Å². The lowest BCUT2D eigenvalue weighted by molar-refractivity contribution is -0.384. The Balaban J connectivity index is 2.75. The van der Waals surface area contributed by atoms with Crippen molar-refractivity contribution in [1.82, 2.24) is 10.6 Å². The molecule has 1 atom stereocenters. The molecule has 0 unspecified atom stereocenters. The molecule has 0 bridgehead atoms. The molecule has 4 N–H and O–H groups in total. The molecule has 1 amide bonds. The third-order valence-electron chi connectivity index (χ3n) is 3.43. The predicted octanol–water partition coefficient (Wildman–Crippen LogP) is 0.974. The van der Waals surface area contributed by atoms with Crippen LogP contribution in [0.5, 0.6) is 5.75 Å². The monoisotopic (exact) mass is 368 g/mol. The van der Waals surface area contributed by atoms with E-state index >= 15 is 0 Å². The Labute approximate surface area is 151 Å². The van der Waals surface area contributed by atoms with Crippen LogP contribution in [-0.4, -0.2) is 54.7 Å². The van der Waals surface area contributed by atoms with E-state index in [0.29, 0.717) is 31.9 Å². The van der Waals surface area contributed by atoms with Crippen molar-refractivity contribution in [2.75, 3.05) is 32.1 Å². The minimum absolute atomic E-state index is 0.0113. The summed E-state index contributed by atoms with van der Waals surface area (Å²) in [6.45, 7) is 3.23. The van der Waals surface area contributed by atoms with Gasteiger partial charge in [-0.2, -0.15) is 0 Å². The predicted molar refractivity (Wildman–Crippen MR) is 95.5 cm³/mol. The first kappa shape index (κ1) is 21.3. The van der Waals surface area contributed by atoms with Crippen LogP contribution in [0.15, 0.2) is 18.2 Å². The van der Waals surface area contributed by atoms with Gasteiger partial charge in [-0.3, -0.25) is 19.7 Å². The van der Waals surface area contributed by atoms with Crippen molar-refractivity contribution in [3.05, 3.63) is 28.3 Å². The number of aliphatic carboxylic acids is 1. The van der Waals surface area contributed by atoms with E-state index in [1.54, 1.807) is 14.0 Å². The highest BCUT2D eigenvalue weighted by molar-refractivity contribution is 5.95. The highest BCUT2D eigenvalue weighted by atomic mass is 16.6. The Bertz CT molecular complexity index is 637. The summed E-state index contributed by atoms with van der Waals surface area (Å²) in [5.74, 6) is -1.48. The maximum absolute atomic E-state index is 12.1. The molecule has 0 radical (unpaired) electrons. The van der Waals surface area contributed by atoms with Crippen LogP contribution in [0.4, 0.5) is 11.4 Å². The van der Waals surface area contributed by atoms with Gasteiger partial charge < -0.3 is 25.8 Å². The van der Waals surface area contributed by atoms with E-state index in [1.165, 1.54) is 18.2 Å². The van der Waals surface area contributed by atoms with Gasteiger partial charge >= 0.3 is 5.97 Å². The number of amides is 1. The van der Waals surface area contributed by atoms with E-state index in [4.69, 9.17) is 4.74 Å². The molecule has 1 rings (SSSR count). The van der Waals surface area contributed by atoms with Gasteiger partial charge in [0, 0.05) is 0 Å². The van der Waals surface area contributed by atoms with Crippen molar-refractivity contribution in [2.24, 2.45) is 0 Å². The summed E-state index contributed by atoms with van der Waals surface area (Å²) in [6, 6.07) is 2.99. The molecule has 1 aromatic rings. The van der Waals surface area contributed by atoms with E-state index in [-0.39, 0.29) is 17.8 Å². The zero-order valence-corrected chi connectivity index (χ0v) is 14.8. The summed E-state index contributed by atoms with van der Waals surface area (Å²) in [6.07, 6.45) is 0.353. The molecule has 10 nitrogen and oxygen atoms in total. The lowest BCUT2D eigenvalue weighted by Crippen LogP contribution is -2.40. The second kappa shape index (κ2) is 11.0. The van der Waals surface area contributed by atoms with Crippen molar-refractivity contribution in [2.45, 2.75) is 25.8 Å². The van der Waals surface area contributed by atoms with E-state index in [1.807, 2.05) is 0 Å². The number of ether oxygens (including phenoxy) is 1. The van der Waals surface area contributed by atoms with Crippen molar-refractivity contribution < 1.29 is 24.4 Å². The average molecular weight is 368 g/mol. The number of carboxylic acids is 1. The van der Waals surface area contributed by atoms with E-state index in [9.17, 15) is 24.8 Å². The van der Waals surface area contributed by atoms with Gasteiger partial charge in [0.15, 0.2) is 0 Å². The third kappa shape index (κ3) is 7.03. The number of nitrogens with zero attached hydrogens (tertiary/aromatic N) is 1.